The highest BCUT2D eigenvalue weighted by Crippen LogP contribution is 2.28. The van der Waals surface area contributed by atoms with Gasteiger partial charge in [-0.05, 0) is 58.4 Å². The van der Waals surface area contributed by atoms with Crippen LogP contribution >= 0.6 is 27.5 Å². The minimum absolute atomic E-state index is 0.0978. The van der Waals surface area contributed by atoms with Gasteiger partial charge in [-0.1, -0.05) is 11.6 Å². The standard InChI is InChI=1S/C13H10BrClFNO2S/c1-17(10-4-2-9(16)3-5-10)20(18,19)11-6-7-13(15)12(14)8-11/h2-8H,1H3. The molecule has 3 nitrogen and oxygen atoms in total. The smallest absolute Gasteiger partial charge is 0.264 e. The largest absolute Gasteiger partial charge is 0.269 e. The van der Waals surface area contributed by atoms with Gasteiger partial charge >= 0.3 is 0 Å². The minimum atomic E-state index is -3.72. The van der Waals surface area contributed by atoms with Gasteiger partial charge in [-0.3, -0.25) is 4.31 Å². The van der Waals surface area contributed by atoms with Crippen molar-refractivity contribution in [3.05, 3.63) is 57.8 Å². The molecule has 0 amide bonds. The summed E-state index contributed by atoms with van der Waals surface area (Å²) in [4.78, 5) is 0.0978. The number of nitrogens with zero attached hydrogens (tertiary/aromatic N) is 1. The molecule has 2 rings (SSSR count). The maximum absolute atomic E-state index is 12.9. The van der Waals surface area contributed by atoms with E-state index in [9.17, 15) is 12.8 Å². The number of benzene rings is 2. The first kappa shape index (κ1) is 15.3. The molecular weight excluding hydrogens is 369 g/mol. The van der Waals surface area contributed by atoms with E-state index in [1.54, 1.807) is 0 Å². The highest BCUT2D eigenvalue weighted by atomic mass is 79.9. The summed E-state index contributed by atoms with van der Waals surface area (Å²) >= 11 is 9.04. The molecule has 106 valence electrons. The van der Waals surface area contributed by atoms with Crippen LogP contribution < -0.4 is 4.31 Å². The van der Waals surface area contributed by atoms with Crippen LogP contribution in [0.15, 0.2) is 51.8 Å². The van der Waals surface area contributed by atoms with Gasteiger partial charge in [-0.25, -0.2) is 12.8 Å². The molecule has 2 aromatic rings. The molecule has 7 heteroatoms. The predicted octanol–water partition coefficient (Wildman–Crippen LogP) is 4.07. The topological polar surface area (TPSA) is 37.4 Å². The Labute approximate surface area is 130 Å². The summed E-state index contributed by atoms with van der Waals surface area (Å²) in [7, 11) is -2.31. The molecule has 0 heterocycles. The maximum atomic E-state index is 12.9. The van der Waals surface area contributed by atoms with E-state index in [1.165, 1.54) is 49.5 Å². The molecule has 0 spiro atoms. The second kappa shape index (κ2) is 5.71. The van der Waals surface area contributed by atoms with Crippen molar-refractivity contribution in [2.75, 3.05) is 11.4 Å². The number of sulfonamides is 1. The Morgan fingerprint density at radius 3 is 2.30 bits per heavy atom. The van der Waals surface area contributed by atoms with E-state index in [0.717, 1.165) is 4.31 Å². The second-order valence-corrected chi connectivity index (χ2v) is 7.26. The summed E-state index contributed by atoms with van der Waals surface area (Å²) in [5.41, 5.74) is 0.373. The molecule has 0 saturated carbocycles. The van der Waals surface area contributed by atoms with Crippen LogP contribution in [-0.2, 0) is 10.0 Å². The first-order valence-corrected chi connectivity index (χ1v) is 8.13. The van der Waals surface area contributed by atoms with Crippen molar-refractivity contribution in [3.63, 3.8) is 0 Å². The summed E-state index contributed by atoms with van der Waals surface area (Å²) in [6.45, 7) is 0. The molecule has 0 aliphatic carbocycles. The zero-order valence-electron chi connectivity index (χ0n) is 10.3. The lowest BCUT2D eigenvalue weighted by Crippen LogP contribution is -2.26. The van der Waals surface area contributed by atoms with E-state index in [1.807, 2.05) is 0 Å². The third-order valence-electron chi connectivity index (χ3n) is 2.74. The Bertz CT molecular complexity index is 735. The van der Waals surface area contributed by atoms with E-state index < -0.39 is 15.8 Å². The van der Waals surface area contributed by atoms with Crippen molar-refractivity contribution in [2.24, 2.45) is 0 Å². The van der Waals surface area contributed by atoms with Gasteiger partial charge in [-0.2, -0.15) is 0 Å². The highest BCUT2D eigenvalue weighted by Gasteiger charge is 2.22. The Morgan fingerprint density at radius 1 is 1.15 bits per heavy atom. The first-order valence-electron chi connectivity index (χ1n) is 5.52. The fraction of sp³-hybridized carbons (Fsp3) is 0.0769. The monoisotopic (exact) mass is 377 g/mol. The summed E-state index contributed by atoms with van der Waals surface area (Å²) in [6.07, 6.45) is 0. The summed E-state index contributed by atoms with van der Waals surface area (Å²) in [5.74, 6) is -0.422. The van der Waals surface area contributed by atoms with Gasteiger partial charge in [0.25, 0.3) is 10.0 Å². The van der Waals surface area contributed by atoms with Crippen molar-refractivity contribution in [2.45, 2.75) is 4.90 Å². The lowest BCUT2D eigenvalue weighted by molar-refractivity contribution is 0.594. The Kier molecular flexibility index (Phi) is 4.36. The molecule has 0 unspecified atom stereocenters. The predicted molar refractivity (Wildman–Crippen MR) is 81.1 cm³/mol. The van der Waals surface area contributed by atoms with Gasteiger partial charge < -0.3 is 0 Å². The van der Waals surface area contributed by atoms with Gasteiger partial charge in [0.15, 0.2) is 0 Å². The molecule has 0 aromatic heterocycles. The minimum Gasteiger partial charge on any atom is -0.269 e. The molecule has 0 radical (unpaired) electrons. The van der Waals surface area contributed by atoms with Crippen LogP contribution in [0, 0.1) is 5.82 Å². The normalized spacial score (nSPS) is 11.4. The lowest BCUT2D eigenvalue weighted by atomic mass is 10.3. The summed E-state index contributed by atoms with van der Waals surface area (Å²) < 4.78 is 39.4. The van der Waals surface area contributed by atoms with Crippen LogP contribution in [0.2, 0.25) is 5.02 Å². The SMILES string of the molecule is CN(c1ccc(F)cc1)S(=O)(=O)c1ccc(Cl)c(Br)c1. The van der Waals surface area contributed by atoms with Crippen molar-refractivity contribution in [3.8, 4) is 0 Å². The van der Waals surface area contributed by atoms with Gasteiger partial charge in [0.1, 0.15) is 5.82 Å². The number of anilines is 1. The van der Waals surface area contributed by atoms with Gasteiger partial charge in [-0.15, -0.1) is 0 Å². The molecule has 20 heavy (non-hydrogen) atoms. The maximum Gasteiger partial charge on any atom is 0.264 e. The zero-order valence-corrected chi connectivity index (χ0v) is 13.5. The van der Waals surface area contributed by atoms with Crippen LogP contribution in [0.5, 0.6) is 0 Å². The molecular formula is C13H10BrClFNO2S. The third kappa shape index (κ3) is 2.97. The lowest BCUT2D eigenvalue weighted by Gasteiger charge is -2.19. The first-order chi connectivity index (χ1) is 9.32. The van der Waals surface area contributed by atoms with Crippen molar-refractivity contribution < 1.29 is 12.8 Å². The number of hydrogen-bond donors (Lipinski definition) is 0. The van der Waals surface area contributed by atoms with Gasteiger partial charge in [0, 0.05) is 11.5 Å². The molecule has 0 bridgehead atoms. The van der Waals surface area contributed by atoms with Crippen LogP contribution in [0.1, 0.15) is 0 Å². The van der Waals surface area contributed by atoms with Crippen molar-refractivity contribution in [1.82, 2.24) is 0 Å². The van der Waals surface area contributed by atoms with Crippen LogP contribution in [0.4, 0.5) is 10.1 Å². The molecule has 0 fully saturated rings. The van der Waals surface area contributed by atoms with E-state index in [2.05, 4.69) is 15.9 Å². The molecule has 0 N–H and O–H groups in total. The number of hydrogen-bond acceptors (Lipinski definition) is 2. The van der Waals surface area contributed by atoms with Crippen LogP contribution in [0.25, 0.3) is 0 Å². The molecule has 0 aliphatic heterocycles. The van der Waals surface area contributed by atoms with Crippen LogP contribution in [0.3, 0.4) is 0 Å². The van der Waals surface area contributed by atoms with E-state index in [0.29, 0.717) is 15.2 Å². The third-order valence-corrected chi connectivity index (χ3v) is 5.74. The molecule has 0 saturated heterocycles. The Hall–Kier alpha value is -1.11. The average molecular weight is 379 g/mol. The van der Waals surface area contributed by atoms with E-state index >= 15 is 0 Å². The Balaban J connectivity index is 2.43. The van der Waals surface area contributed by atoms with Gasteiger partial charge in [0.05, 0.1) is 15.6 Å². The van der Waals surface area contributed by atoms with E-state index in [-0.39, 0.29) is 4.90 Å². The summed E-state index contributed by atoms with van der Waals surface area (Å²) in [5, 5.41) is 0.424. The van der Waals surface area contributed by atoms with E-state index in [4.69, 9.17) is 11.6 Å². The van der Waals surface area contributed by atoms with Crippen LogP contribution in [-0.4, -0.2) is 15.5 Å². The fourth-order valence-electron chi connectivity index (χ4n) is 1.59. The zero-order chi connectivity index (χ0) is 14.9. The van der Waals surface area contributed by atoms with Gasteiger partial charge in [0.2, 0.25) is 0 Å². The highest BCUT2D eigenvalue weighted by molar-refractivity contribution is 9.10. The second-order valence-electron chi connectivity index (χ2n) is 4.02. The number of rotatable bonds is 3. The molecule has 0 aliphatic rings. The average Bonchev–Trinajstić information content (AvgIpc) is 2.41. The molecule has 0 atom stereocenters. The Morgan fingerprint density at radius 2 is 1.75 bits per heavy atom. The van der Waals surface area contributed by atoms with Crippen molar-refractivity contribution >= 4 is 43.2 Å². The van der Waals surface area contributed by atoms with Crippen molar-refractivity contribution in [1.29, 1.82) is 0 Å². The summed E-state index contributed by atoms with van der Waals surface area (Å²) in [6, 6.07) is 9.56. The quantitative estimate of drug-likeness (QED) is 0.807. The number of halogens is 3. The molecule has 2 aromatic carbocycles. The fourth-order valence-corrected chi connectivity index (χ4v) is 3.46.